The minimum Gasteiger partial charge on any atom is -1.00 e. The fourth-order valence-electron chi connectivity index (χ4n) is 4.99. The van der Waals surface area contributed by atoms with Crippen LogP contribution in [0.2, 0.25) is 0 Å². The van der Waals surface area contributed by atoms with Crippen molar-refractivity contribution in [3.8, 4) is 0 Å². The lowest BCUT2D eigenvalue weighted by molar-refractivity contribution is -0.828. The Labute approximate surface area is 225 Å². The number of benzene rings is 1. The Hall–Kier alpha value is -1.30. The van der Waals surface area contributed by atoms with Crippen LogP contribution in [-0.2, 0) is 0 Å². The normalized spacial score (nSPS) is 17.5. The summed E-state index contributed by atoms with van der Waals surface area (Å²) in [5.41, 5.74) is 0.755. The zero-order chi connectivity index (χ0) is 24.3. The van der Waals surface area contributed by atoms with Gasteiger partial charge in [-0.15, -0.1) is 0 Å². The summed E-state index contributed by atoms with van der Waals surface area (Å²) in [5, 5.41) is 9.71. The van der Waals surface area contributed by atoms with Gasteiger partial charge in [-0.2, -0.15) is 0 Å². The summed E-state index contributed by atoms with van der Waals surface area (Å²) in [4.78, 5) is 17.7. The van der Waals surface area contributed by atoms with Crippen molar-refractivity contribution >= 4 is 11.6 Å². The minimum atomic E-state index is 0. The van der Waals surface area contributed by atoms with E-state index in [-0.39, 0.29) is 29.4 Å². The molecule has 2 rings (SSSR count). The number of quaternary nitrogens is 1. The fraction of sp³-hybridized carbons (Fsp3) is 0.667. The van der Waals surface area contributed by atoms with Crippen LogP contribution in [0.1, 0.15) is 107 Å². The van der Waals surface area contributed by atoms with E-state index in [9.17, 15) is 9.90 Å². The highest BCUT2D eigenvalue weighted by atomic mass is 79.9. The van der Waals surface area contributed by atoms with E-state index in [2.05, 4.69) is 19.1 Å². The van der Waals surface area contributed by atoms with Crippen molar-refractivity contribution in [2.24, 2.45) is 4.99 Å². The molecule has 0 saturated carbocycles. The summed E-state index contributed by atoms with van der Waals surface area (Å²) >= 11 is 0. The van der Waals surface area contributed by atoms with Gasteiger partial charge in [0.2, 0.25) is 5.78 Å². The van der Waals surface area contributed by atoms with Crippen molar-refractivity contribution in [2.45, 2.75) is 96.8 Å². The molecule has 1 N–H and O–H groups in total. The van der Waals surface area contributed by atoms with E-state index in [0.29, 0.717) is 17.6 Å². The maximum atomic E-state index is 12.9. The predicted octanol–water partition coefficient (Wildman–Crippen LogP) is 4.13. The minimum absolute atomic E-state index is 0. The Balaban J connectivity index is 0.00000612. The average Bonchev–Trinajstić information content (AvgIpc) is 3.24. The lowest BCUT2D eigenvalue weighted by Gasteiger charge is -2.33. The standard InChI is InChI=1S/C30H49N2O2.BrH/c1-2-3-4-5-6-7-8-9-10-11-12-13-14-15-19-22-30-31-23-24-32(30,25-26-33)27-29(34)28-20-17-16-18-21-28;/h9-10,16-18,20-21,33H,2-8,11-15,19,22-27H2,1H3;1H/q+1;/p-1. The number of allylic oxidation sites excluding steroid dienone is 2. The molecule has 1 unspecified atom stereocenters. The number of halogens is 1. The molecule has 0 aromatic heterocycles. The number of amidine groups is 1. The van der Waals surface area contributed by atoms with Gasteiger partial charge in [-0.1, -0.05) is 101 Å². The van der Waals surface area contributed by atoms with E-state index < -0.39 is 0 Å². The molecule has 0 saturated heterocycles. The Bertz CT molecular complexity index is 735. The highest BCUT2D eigenvalue weighted by Crippen LogP contribution is 2.21. The Morgan fingerprint density at radius 3 is 2.14 bits per heavy atom. The molecular weight excluding hydrogens is 500 g/mol. The monoisotopic (exact) mass is 548 g/mol. The first kappa shape index (κ1) is 31.7. The molecule has 1 atom stereocenters. The summed E-state index contributed by atoms with van der Waals surface area (Å²) in [6.07, 6.45) is 22.6. The molecule has 5 heteroatoms. The van der Waals surface area contributed by atoms with Crippen LogP contribution in [-0.4, -0.2) is 54.0 Å². The van der Waals surface area contributed by atoms with Gasteiger partial charge in [0, 0.05) is 12.0 Å². The number of carbonyl (C=O) groups excluding carboxylic acids is 1. The van der Waals surface area contributed by atoms with Crippen LogP contribution < -0.4 is 17.0 Å². The van der Waals surface area contributed by atoms with Crippen molar-refractivity contribution in [3.63, 3.8) is 0 Å². The number of nitrogens with zero attached hydrogens (tertiary/aromatic N) is 2. The van der Waals surface area contributed by atoms with Crippen LogP contribution in [0.4, 0.5) is 0 Å². The highest BCUT2D eigenvalue weighted by Gasteiger charge is 2.39. The molecule has 1 aliphatic heterocycles. The van der Waals surface area contributed by atoms with Crippen molar-refractivity contribution < 1.29 is 31.4 Å². The van der Waals surface area contributed by atoms with E-state index in [0.717, 1.165) is 37.3 Å². The number of aliphatic imine (C=N–C) groups is 1. The van der Waals surface area contributed by atoms with Gasteiger partial charge in [0.25, 0.3) is 0 Å². The first-order valence-electron chi connectivity index (χ1n) is 14.0. The molecule has 1 heterocycles. The molecule has 0 radical (unpaired) electrons. The number of hydrogen-bond acceptors (Lipinski definition) is 3. The van der Waals surface area contributed by atoms with E-state index in [1.54, 1.807) is 0 Å². The van der Waals surface area contributed by atoms with Crippen molar-refractivity contribution in [1.29, 1.82) is 0 Å². The number of aliphatic hydroxyl groups excluding tert-OH is 1. The van der Waals surface area contributed by atoms with Gasteiger partial charge in [0.1, 0.15) is 19.6 Å². The molecule has 1 aromatic rings. The Kier molecular flexibility index (Phi) is 18.0. The number of aliphatic hydroxyl groups is 1. The van der Waals surface area contributed by atoms with Gasteiger partial charge in [0.05, 0.1) is 13.2 Å². The molecule has 0 fully saturated rings. The second-order valence-corrected chi connectivity index (χ2v) is 9.90. The molecule has 35 heavy (non-hydrogen) atoms. The molecule has 0 bridgehead atoms. The largest absolute Gasteiger partial charge is 1.00 e. The SMILES string of the molecule is CCCCCCCCC=CCCCCCCCC1=NCC[N+]1(CCO)CC(=O)c1ccccc1.[Br-]. The summed E-state index contributed by atoms with van der Waals surface area (Å²) in [6.45, 7) is 4.96. The van der Waals surface area contributed by atoms with Crippen molar-refractivity contribution in [3.05, 3.63) is 48.0 Å². The van der Waals surface area contributed by atoms with E-state index in [4.69, 9.17) is 4.99 Å². The third kappa shape index (κ3) is 12.5. The van der Waals surface area contributed by atoms with E-state index in [1.165, 1.54) is 77.0 Å². The second-order valence-electron chi connectivity index (χ2n) is 9.90. The van der Waals surface area contributed by atoms with Crippen LogP contribution in [0.3, 0.4) is 0 Å². The summed E-state index contributed by atoms with van der Waals surface area (Å²) in [5.74, 6) is 1.27. The van der Waals surface area contributed by atoms with Gasteiger partial charge in [-0.05, 0) is 32.1 Å². The van der Waals surface area contributed by atoms with E-state index >= 15 is 0 Å². The summed E-state index contributed by atoms with van der Waals surface area (Å²) in [7, 11) is 0. The predicted molar refractivity (Wildman–Crippen MR) is 144 cm³/mol. The van der Waals surface area contributed by atoms with E-state index in [1.807, 2.05) is 30.3 Å². The zero-order valence-electron chi connectivity index (χ0n) is 22.1. The zero-order valence-corrected chi connectivity index (χ0v) is 23.7. The number of carbonyl (C=O) groups is 1. The third-order valence-electron chi connectivity index (χ3n) is 7.10. The first-order valence-corrected chi connectivity index (χ1v) is 14.0. The van der Waals surface area contributed by atoms with Gasteiger partial charge < -0.3 is 22.1 Å². The van der Waals surface area contributed by atoms with Crippen molar-refractivity contribution in [2.75, 3.05) is 32.8 Å². The number of unbranched alkanes of at least 4 members (excludes halogenated alkanes) is 11. The average molecular weight is 550 g/mol. The molecule has 0 aliphatic carbocycles. The smallest absolute Gasteiger partial charge is 0.217 e. The molecule has 198 valence electrons. The number of ketones is 1. The van der Waals surface area contributed by atoms with Gasteiger partial charge >= 0.3 is 0 Å². The first-order chi connectivity index (χ1) is 16.7. The number of rotatable bonds is 20. The maximum absolute atomic E-state index is 12.9. The fourth-order valence-corrected chi connectivity index (χ4v) is 4.99. The number of Topliss-reactive ketones (excluding diaryl/α,β-unsaturated/α-hetero) is 1. The maximum Gasteiger partial charge on any atom is 0.217 e. The van der Waals surface area contributed by atoms with Crippen LogP contribution in [0.5, 0.6) is 0 Å². The molecule has 1 aromatic carbocycles. The third-order valence-corrected chi connectivity index (χ3v) is 7.10. The molecule has 4 nitrogen and oxygen atoms in total. The van der Waals surface area contributed by atoms with Gasteiger partial charge in [0.15, 0.2) is 5.84 Å². The van der Waals surface area contributed by atoms with Crippen molar-refractivity contribution in [1.82, 2.24) is 0 Å². The number of hydrogen-bond donors (Lipinski definition) is 1. The lowest BCUT2D eigenvalue weighted by atomic mass is 10.1. The molecule has 1 aliphatic rings. The second kappa shape index (κ2) is 19.8. The van der Waals surface area contributed by atoms with Gasteiger partial charge in [-0.3, -0.25) is 9.28 Å². The Morgan fingerprint density at radius 2 is 1.51 bits per heavy atom. The van der Waals surface area contributed by atoms with Crippen LogP contribution >= 0.6 is 0 Å². The topological polar surface area (TPSA) is 49.7 Å². The highest BCUT2D eigenvalue weighted by molar-refractivity contribution is 5.98. The molecular formula is C30H49BrN2O2. The summed E-state index contributed by atoms with van der Waals surface area (Å²) < 4.78 is 0.549. The molecule has 0 spiro atoms. The van der Waals surface area contributed by atoms with Crippen LogP contribution in [0.25, 0.3) is 0 Å². The van der Waals surface area contributed by atoms with Crippen LogP contribution in [0.15, 0.2) is 47.5 Å². The quantitative estimate of drug-likeness (QED) is 0.115. The Morgan fingerprint density at radius 1 is 0.914 bits per heavy atom. The lowest BCUT2D eigenvalue weighted by Crippen LogP contribution is -3.00. The van der Waals surface area contributed by atoms with Gasteiger partial charge in [-0.25, -0.2) is 4.99 Å². The molecule has 0 amide bonds. The van der Waals surface area contributed by atoms with Crippen LogP contribution in [0, 0.1) is 0 Å². The summed E-state index contributed by atoms with van der Waals surface area (Å²) in [6, 6.07) is 9.52.